The fourth-order valence-electron chi connectivity index (χ4n) is 5.91. The van der Waals surface area contributed by atoms with Gasteiger partial charge in [-0.2, -0.15) is 0 Å². The van der Waals surface area contributed by atoms with Gasteiger partial charge in [-0.1, -0.05) is 51.1 Å². The molecule has 0 saturated carbocycles. The summed E-state index contributed by atoms with van der Waals surface area (Å²) in [7, 11) is 0. The molecule has 0 spiro atoms. The van der Waals surface area contributed by atoms with E-state index < -0.39 is 122 Å². The van der Waals surface area contributed by atoms with Crippen molar-refractivity contribution in [1.29, 1.82) is 0 Å². The molecule has 8 amide bonds. The molecule has 1 aromatic rings. The van der Waals surface area contributed by atoms with E-state index in [9.17, 15) is 58.8 Å². The second-order valence-corrected chi connectivity index (χ2v) is 14.7. The molecule has 2 rings (SSSR count). The first-order chi connectivity index (χ1) is 27.9. The molecule has 0 bridgehead atoms. The van der Waals surface area contributed by atoms with E-state index in [1.165, 1.54) is 0 Å². The maximum absolute atomic E-state index is 13.5. The monoisotopic (exact) mass is 833 g/mol. The van der Waals surface area contributed by atoms with E-state index in [1.807, 2.05) is 13.8 Å². The number of benzene rings is 1. The van der Waals surface area contributed by atoms with Crippen LogP contribution in [0.5, 0.6) is 0 Å². The van der Waals surface area contributed by atoms with Crippen molar-refractivity contribution in [2.45, 2.75) is 102 Å². The van der Waals surface area contributed by atoms with Gasteiger partial charge in [0.15, 0.2) is 0 Å². The van der Waals surface area contributed by atoms with Gasteiger partial charge in [-0.3, -0.25) is 43.3 Å². The number of nitrogens with one attached hydrogen (secondary N) is 6. The van der Waals surface area contributed by atoms with Crippen LogP contribution in [0.2, 0.25) is 0 Å². The largest absolute Gasteiger partial charge is 0.394 e. The van der Waals surface area contributed by atoms with Gasteiger partial charge in [-0.05, 0) is 37.7 Å². The quantitative estimate of drug-likeness (QED) is 0.0401. The molecular weight excluding hydrogens is 774 g/mol. The van der Waals surface area contributed by atoms with Crippen LogP contribution in [0.15, 0.2) is 42.5 Å². The fraction of sp³-hybridized carbons (Fsp3) is 0.590. The number of carbonyl (C=O) groups is 8. The zero-order valence-electron chi connectivity index (χ0n) is 33.8. The van der Waals surface area contributed by atoms with Crippen LogP contribution in [-0.4, -0.2) is 153 Å². The van der Waals surface area contributed by atoms with Crippen molar-refractivity contribution in [3.8, 4) is 0 Å². The van der Waals surface area contributed by atoms with Crippen LogP contribution >= 0.6 is 0 Å². The smallest absolute Gasteiger partial charge is 0.253 e. The van der Waals surface area contributed by atoms with Crippen LogP contribution in [0.4, 0.5) is 0 Å². The van der Waals surface area contributed by atoms with E-state index in [1.54, 1.807) is 44.2 Å². The first-order valence-corrected chi connectivity index (χ1v) is 19.5. The highest BCUT2D eigenvalue weighted by molar-refractivity contribution is 6.13. The Morgan fingerprint density at radius 1 is 0.678 bits per heavy atom. The molecule has 328 valence electrons. The third-order valence-electron chi connectivity index (χ3n) is 9.39. The Morgan fingerprint density at radius 2 is 1.24 bits per heavy atom. The molecule has 1 heterocycles. The molecule has 0 fully saturated rings. The van der Waals surface area contributed by atoms with E-state index in [4.69, 9.17) is 5.11 Å². The van der Waals surface area contributed by atoms with Crippen molar-refractivity contribution < 1.29 is 63.9 Å². The van der Waals surface area contributed by atoms with E-state index in [0.717, 1.165) is 17.1 Å². The SMILES string of the molecule is CCC(CC(C)N1C(=O)C=CC1=O)C(=O)N[C@@H](CCC(=O)NC[C@H](O)[C@@H](O)[C@H](O)[C@H](O)CO)C(=O)NCC(=O)N[C@@H](Cc1ccccc1)C(=O)NCC(=O)NCC(C)C. The molecular formula is C39H59N7O13. The zero-order valence-corrected chi connectivity index (χ0v) is 33.8. The minimum Gasteiger partial charge on any atom is -0.394 e. The molecule has 20 heteroatoms. The molecule has 0 aromatic heterocycles. The highest BCUT2D eigenvalue weighted by atomic mass is 16.4. The van der Waals surface area contributed by atoms with Gasteiger partial charge in [0.25, 0.3) is 11.8 Å². The Balaban J connectivity index is 2.16. The summed E-state index contributed by atoms with van der Waals surface area (Å²) >= 11 is 0. The summed E-state index contributed by atoms with van der Waals surface area (Å²) in [6.45, 7) is 4.98. The Morgan fingerprint density at radius 3 is 1.81 bits per heavy atom. The lowest BCUT2D eigenvalue weighted by atomic mass is 9.95. The summed E-state index contributed by atoms with van der Waals surface area (Å²) in [6, 6.07) is 5.47. The predicted octanol–water partition coefficient (Wildman–Crippen LogP) is -3.73. The van der Waals surface area contributed by atoms with Crippen molar-refractivity contribution in [2.75, 3.05) is 32.8 Å². The topological polar surface area (TPSA) is 313 Å². The predicted molar refractivity (Wildman–Crippen MR) is 210 cm³/mol. The Hall–Kier alpha value is -5.28. The second-order valence-electron chi connectivity index (χ2n) is 14.7. The molecule has 0 aliphatic carbocycles. The number of amides is 8. The molecule has 0 radical (unpaired) electrons. The number of hydrogen-bond donors (Lipinski definition) is 11. The molecule has 1 aromatic carbocycles. The number of hydrogen-bond acceptors (Lipinski definition) is 13. The van der Waals surface area contributed by atoms with Gasteiger partial charge >= 0.3 is 0 Å². The summed E-state index contributed by atoms with van der Waals surface area (Å²) in [5.74, 6) is -5.87. The van der Waals surface area contributed by atoms with Crippen LogP contribution in [0.25, 0.3) is 0 Å². The number of rotatable bonds is 26. The van der Waals surface area contributed by atoms with Gasteiger partial charge in [0, 0.05) is 50.0 Å². The minimum atomic E-state index is -1.94. The van der Waals surface area contributed by atoms with Gasteiger partial charge in [-0.25, -0.2) is 0 Å². The Kier molecular flexibility index (Phi) is 21.3. The standard InChI is InChI=1S/C39H59N7O13/c1-5-25(15-23(4)46-33(53)13-14-34(46)54)37(57)45-26(11-12-30(50)41-18-28(48)35(55)36(56)29(49)21-47)38(58)43-20-32(52)44-27(16-24-9-7-6-8-10-24)39(59)42-19-31(51)40-17-22(2)3/h6-10,13-14,22-23,25-29,35-36,47-49,55-56H,5,11-12,15-21H2,1-4H3,(H,40,51)(H,41,50)(H,42,59)(H,43,58)(H,44,52)(H,45,57)/t23?,25?,26-,27-,28-,29+,35+,36+/m0/s1. The van der Waals surface area contributed by atoms with Gasteiger partial charge in [0.2, 0.25) is 35.4 Å². The Labute approximate surface area is 342 Å². The number of nitrogens with zero attached hydrogens (tertiary/aromatic N) is 1. The maximum Gasteiger partial charge on any atom is 0.253 e. The summed E-state index contributed by atoms with van der Waals surface area (Å²) in [5, 5.41) is 63.6. The fourth-order valence-corrected chi connectivity index (χ4v) is 5.91. The number of carbonyl (C=O) groups excluding carboxylic acids is 8. The molecule has 1 aliphatic rings. The lowest BCUT2D eigenvalue weighted by molar-refractivity contribution is -0.140. The average molecular weight is 834 g/mol. The molecule has 1 aliphatic heterocycles. The first-order valence-electron chi connectivity index (χ1n) is 19.5. The maximum atomic E-state index is 13.5. The van der Waals surface area contributed by atoms with Crippen molar-refractivity contribution in [3.63, 3.8) is 0 Å². The van der Waals surface area contributed by atoms with Gasteiger partial charge in [-0.15, -0.1) is 0 Å². The molecule has 20 nitrogen and oxygen atoms in total. The van der Waals surface area contributed by atoms with Crippen molar-refractivity contribution in [1.82, 2.24) is 36.8 Å². The van der Waals surface area contributed by atoms with E-state index in [-0.39, 0.29) is 38.1 Å². The van der Waals surface area contributed by atoms with Crippen molar-refractivity contribution >= 4 is 47.3 Å². The highest BCUT2D eigenvalue weighted by Crippen LogP contribution is 2.19. The van der Waals surface area contributed by atoms with Gasteiger partial charge in [0.05, 0.1) is 25.8 Å². The molecule has 2 unspecified atom stereocenters. The van der Waals surface area contributed by atoms with Crippen LogP contribution in [0.3, 0.4) is 0 Å². The molecule has 8 atom stereocenters. The highest BCUT2D eigenvalue weighted by Gasteiger charge is 2.34. The number of aliphatic hydroxyl groups excluding tert-OH is 5. The minimum absolute atomic E-state index is 0.0417. The number of aliphatic hydroxyl groups is 5. The van der Waals surface area contributed by atoms with Crippen molar-refractivity contribution in [3.05, 3.63) is 48.0 Å². The summed E-state index contributed by atoms with van der Waals surface area (Å²) in [5.41, 5.74) is 0.692. The van der Waals surface area contributed by atoms with Crippen LogP contribution in [-0.2, 0) is 44.8 Å². The molecule has 11 N–H and O–H groups in total. The van der Waals surface area contributed by atoms with Crippen LogP contribution in [0.1, 0.15) is 58.9 Å². The van der Waals surface area contributed by atoms with Crippen molar-refractivity contribution in [2.24, 2.45) is 11.8 Å². The lowest BCUT2D eigenvalue weighted by Crippen LogP contribution is -2.54. The first kappa shape index (κ1) is 49.9. The summed E-state index contributed by atoms with van der Waals surface area (Å²) in [4.78, 5) is 104. The molecule has 59 heavy (non-hydrogen) atoms. The van der Waals surface area contributed by atoms with E-state index >= 15 is 0 Å². The number of imide groups is 1. The Bertz CT molecular complexity index is 1610. The summed E-state index contributed by atoms with van der Waals surface area (Å²) in [6.07, 6.45) is -5.62. The van der Waals surface area contributed by atoms with Crippen LogP contribution < -0.4 is 31.9 Å². The third-order valence-corrected chi connectivity index (χ3v) is 9.39. The lowest BCUT2D eigenvalue weighted by Gasteiger charge is -2.27. The van der Waals surface area contributed by atoms with Gasteiger partial charge in [0.1, 0.15) is 30.4 Å². The third kappa shape index (κ3) is 17.2. The normalized spacial score (nSPS) is 16.5. The zero-order chi connectivity index (χ0) is 44.2. The van der Waals surface area contributed by atoms with E-state index in [0.29, 0.717) is 12.1 Å². The van der Waals surface area contributed by atoms with Crippen LogP contribution in [0, 0.1) is 11.8 Å². The summed E-state index contributed by atoms with van der Waals surface area (Å²) < 4.78 is 0. The van der Waals surface area contributed by atoms with E-state index in [2.05, 4.69) is 31.9 Å². The average Bonchev–Trinajstić information content (AvgIpc) is 3.56. The molecule has 0 saturated heterocycles. The van der Waals surface area contributed by atoms with Gasteiger partial charge < -0.3 is 57.4 Å². The second kappa shape index (κ2) is 25.3.